The lowest BCUT2D eigenvalue weighted by molar-refractivity contribution is 0.124. The third-order valence-corrected chi connectivity index (χ3v) is 5.54. The summed E-state index contributed by atoms with van der Waals surface area (Å²) < 4.78 is 0. The molecule has 0 aromatic carbocycles. The van der Waals surface area contributed by atoms with Crippen molar-refractivity contribution in [1.82, 2.24) is 0 Å². The van der Waals surface area contributed by atoms with E-state index in [1.54, 1.807) is 0 Å². The average molecular weight is 209 g/mol. The SMILES string of the molecule is NCC1(CO)CC12CCCC(C1CC1)C2. The van der Waals surface area contributed by atoms with Crippen molar-refractivity contribution in [2.75, 3.05) is 13.2 Å². The van der Waals surface area contributed by atoms with Crippen LogP contribution in [0.25, 0.3) is 0 Å². The lowest BCUT2D eigenvalue weighted by Gasteiger charge is -2.33. The van der Waals surface area contributed by atoms with E-state index in [-0.39, 0.29) is 5.41 Å². The van der Waals surface area contributed by atoms with Crippen molar-refractivity contribution < 1.29 is 5.11 Å². The van der Waals surface area contributed by atoms with Gasteiger partial charge in [0.25, 0.3) is 0 Å². The second-order valence-electron chi connectivity index (χ2n) is 6.29. The first-order chi connectivity index (χ1) is 7.25. The van der Waals surface area contributed by atoms with Gasteiger partial charge in [0.05, 0.1) is 6.61 Å². The maximum Gasteiger partial charge on any atom is 0.0505 e. The highest BCUT2D eigenvalue weighted by Gasteiger charge is 2.66. The molecule has 86 valence electrons. The second kappa shape index (κ2) is 3.21. The van der Waals surface area contributed by atoms with E-state index in [4.69, 9.17) is 5.73 Å². The number of hydrogen-bond acceptors (Lipinski definition) is 2. The summed E-state index contributed by atoms with van der Waals surface area (Å²) in [5, 5.41) is 9.53. The summed E-state index contributed by atoms with van der Waals surface area (Å²) >= 11 is 0. The van der Waals surface area contributed by atoms with E-state index in [1.165, 1.54) is 44.9 Å². The number of aliphatic hydroxyl groups excluding tert-OH is 1. The Morgan fingerprint density at radius 1 is 1.20 bits per heavy atom. The molecule has 0 heterocycles. The smallest absolute Gasteiger partial charge is 0.0505 e. The molecule has 0 aromatic heterocycles. The van der Waals surface area contributed by atoms with Crippen LogP contribution in [0.2, 0.25) is 0 Å². The van der Waals surface area contributed by atoms with Crippen molar-refractivity contribution in [2.24, 2.45) is 28.4 Å². The molecule has 0 radical (unpaired) electrons. The molecule has 3 aliphatic rings. The third kappa shape index (κ3) is 1.38. The average Bonchev–Trinajstić information content (AvgIpc) is 3.14. The normalized spacial score (nSPS) is 49.6. The molecule has 15 heavy (non-hydrogen) atoms. The monoisotopic (exact) mass is 209 g/mol. The molecule has 0 aliphatic heterocycles. The number of aliphatic hydroxyl groups is 1. The zero-order valence-electron chi connectivity index (χ0n) is 9.54. The molecule has 3 N–H and O–H groups in total. The van der Waals surface area contributed by atoms with E-state index in [9.17, 15) is 5.11 Å². The fraction of sp³-hybridized carbons (Fsp3) is 1.00. The quantitative estimate of drug-likeness (QED) is 0.746. The fourth-order valence-electron chi connectivity index (χ4n) is 4.20. The summed E-state index contributed by atoms with van der Waals surface area (Å²) in [6, 6.07) is 0. The van der Waals surface area contributed by atoms with Crippen molar-refractivity contribution in [3.05, 3.63) is 0 Å². The third-order valence-electron chi connectivity index (χ3n) is 5.54. The Bertz CT molecular complexity index is 257. The van der Waals surface area contributed by atoms with Crippen LogP contribution in [0.4, 0.5) is 0 Å². The van der Waals surface area contributed by atoms with Gasteiger partial charge in [-0.15, -0.1) is 0 Å². The molecular weight excluding hydrogens is 186 g/mol. The van der Waals surface area contributed by atoms with Gasteiger partial charge in [0.1, 0.15) is 0 Å². The van der Waals surface area contributed by atoms with Crippen LogP contribution in [0.1, 0.15) is 44.9 Å². The molecule has 2 heteroatoms. The molecule has 1 spiro atoms. The van der Waals surface area contributed by atoms with Crippen LogP contribution in [0, 0.1) is 22.7 Å². The summed E-state index contributed by atoms with van der Waals surface area (Å²) in [5.74, 6) is 2.01. The van der Waals surface area contributed by atoms with Crippen LogP contribution in [-0.2, 0) is 0 Å². The van der Waals surface area contributed by atoms with Crippen LogP contribution in [0.15, 0.2) is 0 Å². The molecule has 3 unspecified atom stereocenters. The van der Waals surface area contributed by atoms with E-state index in [0.717, 1.165) is 11.8 Å². The standard InChI is InChI=1S/C13H23NO/c14-8-13(9-15)7-12(13)5-1-2-11(6-12)10-3-4-10/h10-11,15H,1-9,14H2. The van der Waals surface area contributed by atoms with Crippen molar-refractivity contribution in [1.29, 1.82) is 0 Å². The van der Waals surface area contributed by atoms with Crippen LogP contribution in [0.5, 0.6) is 0 Å². The van der Waals surface area contributed by atoms with Gasteiger partial charge in [0, 0.05) is 12.0 Å². The molecule has 2 nitrogen and oxygen atoms in total. The first-order valence-corrected chi connectivity index (χ1v) is 6.56. The largest absolute Gasteiger partial charge is 0.396 e. The molecule has 0 bridgehead atoms. The predicted octanol–water partition coefficient (Wildman–Crippen LogP) is 1.91. The highest BCUT2D eigenvalue weighted by molar-refractivity contribution is 5.16. The van der Waals surface area contributed by atoms with Gasteiger partial charge in [-0.05, 0) is 49.4 Å². The minimum atomic E-state index is 0.126. The van der Waals surface area contributed by atoms with Gasteiger partial charge >= 0.3 is 0 Å². The first-order valence-electron chi connectivity index (χ1n) is 6.56. The molecule has 3 aliphatic carbocycles. The van der Waals surface area contributed by atoms with Gasteiger partial charge in [-0.25, -0.2) is 0 Å². The van der Waals surface area contributed by atoms with Crippen LogP contribution in [0.3, 0.4) is 0 Å². The molecular formula is C13H23NO. The van der Waals surface area contributed by atoms with Crippen molar-refractivity contribution in [3.63, 3.8) is 0 Å². The zero-order chi connectivity index (χ0) is 10.5. The van der Waals surface area contributed by atoms with E-state index < -0.39 is 0 Å². The summed E-state index contributed by atoms with van der Waals surface area (Å²) in [6.45, 7) is 1.02. The summed E-state index contributed by atoms with van der Waals surface area (Å²) in [6.07, 6.45) is 9.66. The zero-order valence-corrected chi connectivity index (χ0v) is 9.54. The van der Waals surface area contributed by atoms with E-state index >= 15 is 0 Å². The van der Waals surface area contributed by atoms with Gasteiger partial charge in [-0.1, -0.05) is 12.8 Å². The molecule has 3 atom stereocenters. The van der Waals surface area contributed by atoms with E-state index in [2.05, 4.69) is 0 Å². The summed E-state index contributed by atoms with van der Waals surface area (Å²) in [4.78, 5) is 0. The van der Waals surface area contributed by atoms with Gasteiger partial charge in [-0.3, -0.25) is 0 Å². The van der Waals surface area contributed by atoms with Crippen LogP contribution >= 0.6 is 0 Å². The summed E-state index contributed by atoms with van der Waals surface area (Å²) in [5.41, 5.74) is 6.45. The van der Waals surface area contributed by atoms with Crippen molar-refractivity contribution in [3.8, 4) is 0 Å². The fourth-order valence-corrected chi connectivity index (χ4v) is 4.20. The molecule has 3 saturated carbocycles. The lowest BCUT2D eigenvalue weighted by Crippen LogP contribution is -2.31. The topological polar surface area (TPSA) is 46.2 Å². The Balaban J connectivity index is 1.71. The minimum absolute atomic E-state index is 0.126. The Hall–Kier alpha value is -0.0800. The van der Waals surface area contributed by atoms with Crippen LogP contribution in [-0.4, -0.2) is 18.3 Å². The summed E-state index contributed by atoms with van der Waals surface area (Å²) in [7, 11) is 0. The lowest BCUT2D eigenvalue weighted by atomic mass is 9.73. The molecule has 0 amide bonds. The number of rotatable bonds is 3. The Morgan fingerprint density at radius 2 is 2.00 bits per heavy atom. The van der Waals surface area contributed by atoms with Crippen LogP contribution < -0.4 is 5.73 Å². The number of hydrogen-bond donors (Lipinski definition) is 2. The minimum Gasteiger partial charge on any atom is -0.396 e. The Labute approximate surface area is 92.2 Å². The van der Waals surface area contributed by atoms with E-state index in [0.29, 0.717) is 18.6 Å². The number of nitrogens with two attached hydrogens (primary N) is 1. The van der Waals surface area contributed by atoms with E-state index in [1.807, 2.05) is 0 Å². The van der Waals surface area contributed by atoms with Crippen molar-refractivity contribution in [2.45, 2.75) is 44.9 Å². The van der Waals surface area contributed by atoms with Gasteiger partial charge in [0.2, 0.25) is 0 Å². The van der Waals surface area contributed by atoms with Gasteiger partial charge in [-0.2, -0.15) is 0 Å². The Morgan fingerprint density at radius 3 is 2.53 bits per heavy atom. The van der Waals surface area contributed by atoms with Crippen molar-refractivity contribution >= 4 is 0 Å². The Kier molecular flexibility index (Phi) is 2.16. The van der Waals surface area contributed by atoms with Gasteiger partial charge < -0.3 is 10.8 Å². The maximum absolute atomic E-state index is 9.53. The first kappa shape index (κ1) is 10.1. The highest BCUT2D eigenvalue weighted by Crippen LogP contribution is 2.71. The second-order valence-corrected chi connectivity index (χ2v) is 6.29. The molecule has 3 fully saturated rings. The maximum atomic E-state index is 9.53. The highest BCUT2D eigenvalue weighted by atomic mass is 16.3. The predicted molar refractivity (Wildman–Crippen MR) is 60.3 cm³/mol. The molecule has 3 rings (SSSR count). The molecule has 0 saturated heterocycles. The molecule has 0 aromatic rings. The van der Waals surface area contributed by atoms with Gasteiger partial charge in [0.15, 0.2) is 0 Å².